The number of methoxy groups -OCH3 is 1. The van der Waals surface area contributed by atoms with E-state index in [4.69, 9.17) is 9.26 Å². The number of hydrogen-bond donors (Lipinski definition) is 1. The fraction of sp³-hybridized carbons (Fsp3) is 0.278. The minimum absolute atomic E-state index is 0.109. The normalized spacial score (nSPS) is 10.6. The number of carbonyl (C=O) groups excluding carboxylic acids is 1. The minimum atomic E-state index is -0.109. The second-order valence-corrected chi connectivity index (χ2v) is 5.49. The van der Waals surface area contributed by atoms with E-state index >= 15 is 0 Å². The fourth-order valence-corrected chi connectivity index (χ4v) is 2.49. The topological polar surface area (TPSA) is 82.2 Å². The first-order valence-corrected chi connectivity index (χ1v) is 8.07. The third kappa shape index (κ3) is 4.06. The van der Waals surface area contributed by atoms with Crippen LogP contribution in [0.15, 0.2) is 47.1 Å². The predicted octanol–water partition coefficient (Wildman–Crippen LogP) is 2.43. The largest absolute Gasteiger partial charge is 0.497 e. The molecule has 3 rings (SSSR count). The van der Waals surface area contributed by atoms with Gasteiger partial charge in [-0.3, -0.25) is 4.79 Å². The van der Waals surface area contributed by atoms with Crippen LogP contribution in [0.3, 0.4) is 0 Å². The molecule has 130 valence electrons. The van der Waals surface area contributed by atoms with Gasteiger partial charge in [0.15, 0.2) is 0 Å². The molecule has 7 nitrogen and oxygen atoms in total. The van der Waals surface area contributed by atoms with Gasteiger partial charge in [0.05, 0.1) is 25.8 Å². The summed E-state index contributed by atoms with van der Waals surface area (Å²) in [4.78, 5) is 16.4. The lowest BCUT2D eigenvalue weighted by Gasteiger charge is -2.04. The number of aromatic nitrogens is 3. The summed E-state index contributed by atoms with van der Waals surface area (Å²) < 4.78 is 12.3. The van der Waals surface area contributed by atoms with Crippen LogP contribution in [-0.2, 0) is 24.3 Å². The summed E-state index contributed by atoms with van der Waals surface area (Å²) in [6.07, 6.45) is 2.24. The van der Waals surface area contributed by atoms with Crippen LogP contribution in [0.5, 0.6) is 5.75 Å². The van der Waals surface area contributed by atoms with Crippen LogP contribution in [0, 0.1) is 0 Å². The molecule has 7 heteroatoms. The molecule has 0 saturated carbocycles. The average Bonchev–Trinajstić information content (AvgIpc) is 3.29. The number of hydrogen-bond acceptors (Lipinski definition) is 5. The van der Waals surface area contributed by atoms with Gasteiger partial charge in [-0.1, -0.05) is 17.3 Å². The van der Waals surface area contributed by atoms with Gasteiger partial charge in [-0.25, -0.2) is 0 Å². The zero-order chi connectivity index (χ0) is 17.6. The molecule has 1 amide bonds. The van der Waals surface area contributed by atoms with Gasteiger partial charge in [0.2, 0.25) is 17.6 Å². The summed E-state index contributed by atoms with van der Waals surface area (Å²) in [7, 11) is 1.61. The Kier molecular flexibility index (Phi) is 5.13. The zero-order valence-corrected chi connectivity index (χ0v) is 14.2. The van der Waals surface area contributed by atoms with Gasteiger partial charge in [-0.15, -0.1) is 0 Å². The summed E-state index contributed by atoms with van der Waals surface area (Å²) in [6, 6.07) is 11.3. The van der Waals surface area contributed by atoms with E-state index in [1.165, 1.54) is 0 Å². The molecule has 0 spiro atoms. The van der Waals surface area contributed by atoms with Crippen molar-refractivity contribution in [2.75, 3.05) is 7.11 Å². The molecule has 1 N–H and O–H groups in total. The summed E-state index contributed by atoms with van der Waals surface area (Å²) in [5.41, 5.74) is 1.80. The van der Waals surface area contributed by atoms with E-state index < -0.39 is 0 Å². The first-order valence-electron chi connectivity index (χ1n) is 8.07. The first kappa shape index (κ1) is 16.8. The Labute approximate surface area is 145 Å². The Morgan fingerprint density at radius 1 is 1.28 bits per heavy atom. The maximum Gasteiger partial charge on any atom is 0.246 e. The van der Waals surface area contributed by atoms with Gasteiger partial charge in [0.1, 0.15) is 5.75 Å². The van der Waals surface area contributed by atoms with Crippen LogP contribution in [-0.4, -0.2) is 27.7 Å². The molecule has 0 unspecified atom stereocenters. The lowest BCUT2D eigenvalue weighted by atomic mass is 10.1. The summed E-state index contributed by atoms with van der Waals surface area (Å²) >= 11 is 0. The van der Waals surface area contributed by atoms with Crippen LogP contribution in [0.25, 0.3) is 11.5 Å². The molecule has 0 aliphatic heterocycles. The summed E-state index contributed by atoms with van der Waals surface area (Å²) in [6.45, 7) is 3.07. The summed E-state index contributed by atoms with van der Waals surface area (Å²) in [5, 5.41) is 6.77. The van der Waals surface area contributed by atoms with Gasteiger partial charge >= 0.3 is 0 Å². The monoisotopic (exact) mass is 340 g/mol. The highest BCUT2D eigenvalue weighted by molar-refractivity contribution is 5.78. The first-order chi connectivity index (χ1) is 12.2. The quantitative estimate of drug-likeness (QED) is 0.714. The number of rotatable bonds is 7. The Hall–Kier alpha value is -3.09. The summed E-state index contributed by atoms with van der Waals surface area (Å²) in [5.74, 6) is 1.55. The van der Waals surface area contributed by atoms with Crippen molar-refractivity contribution in [3.8, 4) is 17.3 Å². The molecule has 2 heterocycles. The maximum absolute atomic E-state index is 12.0. The number of ether oxygens (including phenoxy) is 1. The Balaban J connectivity index is 1.55. The number of amides is 1. The highest BCUT2D eigenvalue weighted by atomic mass is 16.5. The highest BCUT2D eigenvalue weighted by Crippen LogP contribution is 2.16. The third-order valence-corrected chi connectivity index (χ3v) is 3.83. The average molecular weight is 340 g/mol. The van der Waals surface area contributed by atoms with Crippen LogP contribution in [0.1, 0.15) is 18.4 Å². The Morgan fingerprint density at radius 2 is 2.08 bits per heavy atom. The van der Waals surface area contributed by atoms with E-state index in [0.717, 1.165) is 23.6 Å². The molecule has 0 atom stereocenters. The number of nitrogens with one attached hydrogen (secondary N) is 1. The standard InChI is InChI=1S/C18H20N4O3/c1-3-22-10-4-5-15(22)18-20-17(25-21-18)12-19-16(23)11-13-6-8-14(24-2)9-7-13/h4-10H,3,11-12H2,1-2H3,(H,19,23). The van der Waals surface area contributed by atoms with Crippen LogP contribution < -0.4 is 10.1 Å². The molecule has 0 aliphatic rings. The lowest BCUT2D eigenvalue weighted by molar-refractivity contribution is -0.120. The van der Waals surface area contributed by atoms with Crippen molar-refractivity contribution < 1.29 is 14.1 Å². The molecule has 1 aromatic carbocycles. The maximum atomic E-state index is 12.0. The van der Waals surface area contributed by atoms with E-state index in [-0.39, 0.29) is 18.9 Å². The molecule has 0 aliphatic carbocycles. The predicted molar refractivity (Wildman–Crippen MR) is 91.9 cm³/mol. The number of carbonyl (C=O) groups is 1. The highest BCUT2D eigenvalue weighted by Gasteiger charge is 2.12. The molecule has 0 bridgehead atoms. The van der Waals surface area contributed by atoms with Crippen molar-refractivity contribution in [3.05, 3.63) is 54.0 Å². The van der Waals surface area contributed by atoms with E-state index in [0.29, 0.717) is 11.7 Å². The molecule has 25 heavy (non-hydrogen) atoms. The second kappa shape index (κ2) is 7.65. The Bertz CT molecular complexity index is 836. The van der Waals surface area contributed by atoms with Crippen molar-refractivity contribution in [2.45, 2.75) is 26.4 Å². The van der Waals surface area contributed by atoms with E-state index in [1.807, 2.05) is 54.1 Å². The fourth-order valence-electron chi connectivity index (χ4n) is 2.49. The van der Waals surface area contributed by atoms with E-state index in [9.17, 15) is 4.79 Å². The lowest BCUT2D eigenvalue weighted by Crippen LogP contribution is -2.24. The van der Waals surface area contributed by atoms with Gasteiger partial charge in [-0.2, -0.15) is 4.98 Å². The molecule has 0 radical (unpaired) electrons. The number of benzene rings is 1. The second-order valence-electron chi connectivity index (χ2n) is 5.49. The Morgan fingerprint density at radius 3 is 2.80 bits per heavy atom. The number of nitrogens with zero attached hydrogens (tertiary/aromatic N) is 3. The molecule has 3 aromatic rings. The number of aryl methyl sites for hydroxylation is 1. The van der Waals surface area contributed by atoms with E-state index in [2.05, 4.69) is 15.5 Å². The molecular weight excluding hydrogens is 320 g/mol. The van der Waals surface area contributed by atoms with Gasteiger partial charge in [0, 0.05) is 12.7 Å². The van der Waals surface area contributed by atoms with Crippen LogP contribution in [0.4, 0.5) is 0 Å². The van der Waals surface area contributed by atoms with E-state index in [1.54, 1.807) is 7.11 Å². The molecular formula is C18H20N4O3. The van der Waals surface area contributed by atoms with Crippen molar-refractivity contribution in [1.82, 2.24) is 20.0 Å². The van der Waals surface area contributed by atoms with Crippen molar-refractivity contribution in [3.63, 3.8) is 0 Å². The van der Waals surface area contributed by atoms with Crippen LogP contribution in [0.2, 0.25) is 0 Å². The zero-order valence-electron chi connectivity index (χ0n) is 14.2. The minimum Gasteiger partial charge on any atom is -0.497 e. The van der Waals surface area contributed by atoms with Crippen LogP contribution >= 0.6 is 0 Å². The van der Waals surface area contributed by atoms with Crippen molar-refractivity contribution in [1.29, 1.82) is 0 Å². The third-order valence-electron chi connectivity index (χ3n) is 3.83. The van der Waals surface area contributed by atoms with Crippen molar-refractivity contribution >= 4 is 5.91 Å². The van der Waals surface area contributed by atoms with Gasteiger partial charge in [0.25, 0.3) is 0 Å². The molecule has 0 saturated heterocycles. The molecule has 2 aromatic heterocycles. The van der Waals surface area contributed by atoms with Crippen molar-refractivity contribution in [2.24, 2.45) is 0 Å². The SMILES string of the molecule is CCn1cccc1-c1noc(CNC(=O)Cc2ccc(OC)cc2)n1. The molecule has 0 fully saturated rings. The van der Waals surface area contributed by atoms with Gasteiger partial charge < -0.3 is 19.1 Å². The van der Waals surface area contributed by atoms with Gasteiger partial charge in [-0.05, 0) is 36.8 Å². The smallest absolute Gasteiger partial charge is 0.246 e.